The third kappa shape index (κ3) is 13.9. The Bertz CT molecular complexity index is 1050. The van der Waals surface area contributed by atoms with Crippen molar-refractivity contribution < 1.29 is 29.3 Å². The summed E-state index contributed by atoms with van der Waals surface area (Å²) in [4.78, 5) is 34.4. The minimum absolute atomic E-state index is 0.0926. The van der Waals surface area contributed by atoms with Crippen LogP contribution in [0.25, 0.3) is 0 Å². The molecule has 2 fully saturated rings. The van der Waals surface area contributed by atoms with E-state index in [-0.39, 0.29) is 30.2 Å². The molecule has 0 aliphatic carbocycles. The van der Waals surface area contributed by atoms with Crippen LogP contribution in [0.3, 0.4) is 0 Å². The molecule has 2 amide bonds. The van der Waals surface area contributed by atoms with Crippen LogP contribution in [0, 0.1) is 0 Å². The maximum absolute atomic E-state index is 12.6. The van der Waals surface area contributed by atoms with Gasteiger partial charge in [-0.1, -0.05) is 0 Å². The molecule has 254 valence electrons. The molecule has 1 aromatic rings. The number of nitrogen functional groups attached to an aromatic ring is 1. The van der Waals surface area contributed by atoms with Crippen LogP contribution in [0.1, 0.15) is 94.9 Å². The number of aliphatic hydroxyl groups is 2. The number of hydrogen-bond donors (Lipinski definition) is 5. The number of piperazine rings is 2. The van der Waals surface area contributed by atoms with Crippen LogP contribution in [0.5, 0.6) is 0 Å². The molecule has 3 rings (SSSR count). The number of H-pyrrole nitrogens is 1. The number of amides is 2. The summed E-state index contributed by atoms with van der Waals surface area (Å²) in [6.45, 7) is 22.2. The normalized spacial score (nSPS) is 20.1. The molecule has 1 aromatic heterocycles. The maximum Gasteiger partial charge on any atom is 0.410 e. The molecule has 2 atom stereocenters. The molecule has 0 saturated carbocycles. The highest BCUT2D eigenvalue weighted by Crippen LogP contribution is 2.24. The molecule has 0 radical (unpaired) electrons. The van der Waals surface area contributed by atoms with Gasteiger partial charge in [0.15, 0.2) is 0 Å². The summed E-state index contributed by atoms with van der Waals surface area (Å²) in [6.07, 6.45) is 2.08. The Labute approximate surface area is 263 Å². The summed E-state index contributed by atoms with van der Waals surface area (Å²) in [6, 6.07) is -0.00947. The minimum atomic E-state index is -0.795. The van der Waals surface area contributed by atoms with Gasteiger partial charge in [-0.05, 0) is 94.9 Å². The monoisotopic (exact) mass is 626 g/mol. The SMILES string of the molecule is CC(C)(O)CCC1CN(c2n[nH]c(N)n2)CCN1C(=O)OC(C)(C)C.CC(C)(O)CCC1CNCCN1C(=O)OC(C)(C)C. The van der Waals surface area contributed by atoms with E-state index in [1.807, 2.05) is 46.4 Å². The third-order valence-corrected chi connectivity index (χ3v) is 7.04. The quantitative estimate of drug-likeness (QED) is 0.300. The number of nitrogens with one attached hydrogen (secondary N) is 2. The second kappa shape index (κ2) is 15.0. The molecule has 0 spiro atoms. The number of hydrogen-bond acceptors (Lipinski definition) is 11. The first-order valence-corrected chi connectivity index (χ1v) is 15.6. The lowest BCUT2D eigenvalue weighted by molar-refractivity contribution is 0.00515. The Morgan fingerprint density at radius 2 is 1.34 bits per heavy atom. The molecule has 2 aliphatic heterocycles. The summed E-state index contributed by atoms with van der Waals surface area (Å²) < 4.78 is 11.0. The number of aromatic nitrogens is 3. The van der Waals surface area contributed by atoms with E-state index in [4.69, 9.17) is 15.2 Å². The van der Waals surface area contributed by atoms with Gasteiger partial charge in [-0.2, -0.15) is 4.98 Å². The molecule has 0 bridgehead atoms. The van der Waals surface area contributed by atoms with Crippen molar-refractivity contribution in [2.75, 3.05) is 49.9 Å². The van der Waals surface area contributed by atoms with Crippen LogP contribution in [-0.2, 0) is 9.47 Å². The molecular formula is C30H58N8O6. The largest absolute Gasteiger partial charge is 0.444 e. The predicted molar refractivity (Wildman–Crippen MR) is 170 cm³/mol. The number of nitrogens with two attached hydrogens (primary N) is 1. The van der Waals surface area contributed by atoms with Crippen LogP contribution >= 0.6 is 0 Å². The Hall–Kier alpha value is -2.84. The van der Waals surface area contributed by atoms with Gasteiger partial charge in [-0.3, -0.25) is 0 Å². The van der Waals surface area contributed by atoms with Crippen molar-refractivity contribution in [3.63, 3.8) is 0 Å². The van der Waals surface area contributed by atoms with Crippen LogP contribution < -0.4 is 16.0 Å². The Morgan fingerprint density at radius 3 is 1.80 bits per heavy atom. The highest BCUT2D eigenvalue weighted by Gasteiger charge is 2.35. The van der Waals surface area contributed by atoms with Crippen molar-refractivity contribution in [1.29, 1.82) is 0 Å². The van der Waals surface area contributed by atoms with Crippen LogP contribution in [0.4, 0.5) is 21.5 Å². The lowest BCUT2D eigenvalue weighted by Crippen LogP contribution is -2.56. The fourth-order valence-corrected chi connectivity index (χ4v) is 4.87. The first-order chi connectivity index (χ1) is 20.0. The highest BCUT2D eigenvalue weighted by atomic mass is 16.6. The Morgan fingerprint density at radius 1 is 0.841 bits per heavy atom. The zero-order valence-electron chi connectivity index (χ0n) is 28.6. The molecule has 0 aromatic carbocycles. The van der Waals surface area contributed by atoms with Crippen LogP contribution in [-0.4, -0.2) is 121 Å². The topological polar surface area (TPSA) is 182 Å². The van der Waals surface area contributed by atoms with E-state index in [0.29, 0.717) is 51.4 Å². The lowest BCUT2D eigenvalue weighted by atomic mass is 9.97. The van der Waals surface area contributed by atoms with Gasteiger partial charge in [0.05, 0.1) is 17.2 Å². The van der Waals surface area contributed by atoms with E-state index >= 15 is 0 Å². The molecule has 3 heterocycles. The predicted octanol–water partition coefficient (Wildman–Crippen LogP) is 3.11. The van der Waals surface area contributed by atoms with E-state index in [2.05, 4.69) is 20.5 Å². The maximum atomic E-state index is 12.6. The zero-order valence-corrected chi connectivity index (χ0v) is 28.6. The standard InChI is InChI=1S/C16H30N6O3.C14H28N2O3/c1-15(2,3)25-14(23)22-9-8-21(13-18-12(17)19-20-13)10-11(22)6-7-16(4,5)24;1-13(2,3)19-12(17)16-9-8-15-10-11(16)6-7-14(4,5)18/h11,24H,6-10H2,1-5H3,(H3,17,18,19,20);11,15,18H,6-10H2,1-5H3. The third-order valence-electron chi connectivity index (χ3n) is 7.04. The van der Waals surface area contributed by atoms with Crippen molar-refractivity contribution >= 4 is 24.1 Å². The molecule has 2 saturated heterocycles. The summed E-state index contributed by atoms with van der Waals surface area (Å²) >= 11 is 0. The van der Waals surface area contributed by atoms with Gasteiger partial charge in [0.1, 0.15) is 11.2 Å². The van der Waals surface area contributed by atoms with E-state index in [1.54, 1.807) is 37.5 Å². The number of nitrogens with zero attached hydrogens (tertiary/aromatic N) is 5. The average Bonchev–Trinajstić information content (AvgIpc) is 3.30. The number of ether oxygens (including phenoxy) is 2. The zero-order chi connectivity index (χ0) is 33.5. The Balaban J connectivity index is 0.000000319. The van der Waals surface area contributed by atoms with Gasteiger partial charge in [-0.25, -0.2) is 14.7 Å². The molecule has 6 N–H and O–H groups in total. The van der Waals surface area contributed by atoms with Gasteiger partial charge >= 0.3 is 12.2 Å². The molecule has 14 heteroatoms. The number of anilines is 2. The molecular weight excluding hydrogens is 568 g/mol. The first-order valence-electron chi connectivity index (χ1n) is 15.6. The fraction of sp³-hybridized carbons (Fsp3) is 0.867. The number of aromatic amines is 1. The Kier molecular flexibility index (Phi) is 12.7. The van der Waals surface area contributed by atoms with Crippen molar-refractivity contribution in [3.05, 3.63) is 0 Å². The summed E-state index contributed by atoms with van der Waals surface area (Å²) in [7, 11) is 0. The van der Waals surface area contributed by atoms with Gasteiger partial charge < -0.3 is 45.4 Å². The lowest BCUT2D eigenvalue weighted by Gasteiger charge is -2.42. The summed E-state index contributed by atoms with van der Waals surface area (Å²) in [5, 5.41) is 29.9. The molecule has 14 nitrogen and oxygen atoms in total. The van der Waals surface area contributed by atoms with E-state index in [1.165, 1.54) is 0 Å². The van der Waals surface area contributed by atoms with Crippen molar-refractivity contribution in [2.24, 2.45) is 0 Å². The van der Waals surface area contributed by atoms with Crippen molar-refractivity contribution in [2.45, 2.75) is 129 Å². The van der Waals surface area contributed by atoms with Crippen molar-refractivity contribution in [3.8, 4) is 0 Å². The summed E-state index contributed by atoms with van der Waals surface area (Å²) in [5.41, 5.74) is 3.10. The first kappa shape index (κ1) is 37.3. The minimum Gasteiger partial charge on any atom is -0.444 e. The van der Waals surface area contributed by atoms with Crippen LogP contribution in [0.2, 0.25) is 0 Å². The number of carbonyl (C=O) groups excluding carboxylic acids is 2. The second-order valence-electron chi connectivity index (χ2n) is 15.0. The molecule has 2 aliphatic rings. The summed E-state index contributed by atoms with van der Waals surface area (Å²) in [5.74, 6) is 0.784. The average molecular weight is 627 g/mol. The number of rotatable bonds is 7. The van der Waals surface area contributed by atoms with Gasteiger partial charge in [0.25, 0.3) is 0 Å². The molecule has 44 heavy (non-hydrogen) atoms. The smallest absolute Gasteiger partial charge is 0.410 e. The van der Waals surface area contributed by atoms with E-state index in [9.17, 15) is 19.8 Å². The molecule has 2 unspecified atom stereocenters. The second-order valence-corrected chi connectivity index (χ2v) is 15.0. The fourth-order valence-electron chi connectivity index (χ4n) is 4.87. The van der Waals surface area contributed by atoms with E-state index < -0.39 is 22.4 Å². The number of carbonyl (C=O) groups is 2. The van der Waals surface area contributed by atoms with E-state index in [0.717, 1.165) is 19.5 Å². The van der Waals surface area contributed by atoms with Crippen molar-refractivity contribution in [1.82, 2.24) is 30.3 Å². The highest BCUT2D eigenvalue weighted by molar-refractivity contribution is 5.69. The van der Waals surface area contributed by atoms with Gasteiger partial charge in [-0.15, -0.1) is 5.10 Å². The van der Waals surface area contributed by atoms with Gasteiger partial charge in [0.2, 0.25) is 11.9 Å². The van der Waals surface area contributed by atoms with Crippen LogP contribution in [0.15, 0.2) is 0 Å². The van der Waals surface area contributed by atoms with Gasteiger partial charge in [0, 0.05) is 45.3 Å².